The molecule has 1 aliphatic rings. The van der Waals surface area contributed by atoms with Crippen LogP contribution in [-0.4, -0.2) is 34.0 Å². The fraction of sp³-hybridized carbons (Fsp3) is 0.571. The van der Waals surface area contributed by atoms with Gasteiger partial charge in [0, 0.05) is 13.0 Å². The van der Waals surface area contributed by atoms with Crippen molar-refractivity contribution in [3.8, 4) is 0 Å². The Morgan fingerprint density at radius 3 is 2.55 bits per heavy atom. The number of nitrogens with one attached hydrogen (secondary N) is 1. The summed E-state index contributed by atoms with van der Waals surface area (Å²) in [5.41, 5.74) is 0.733. The van der Waals surface area contributed by atoms with Crippen LogP contribution in [0.15, 0.2) is 29.2 Å². The van der Waals surface area contributed by atoms with Crippen LogP contribution in [0.5, 0.6) is 0 Å². The second-order valence-corrected chi connectivity index (χ2v) is 6.83. The third-order valence-corrected chi connectivity index (χ3v) is 4.98. The van der Waals surface area contributed by atoms with E-state index < -0.39 is 15.8 Å². The van der Waals surface area contributed by atoms with E-state index in [4.69, 9.17) is 9.47 Å². The lowest BCUT2D eigenvalue weighted by Gasteiger charge is -2.33. The molecule has 0 unspecified atom stereocenters. The van der Waals surface area contributed by atoms with Crippen LogP contribution < -0.4 is 4.72 Å². The summed E-state index contributed by atoms with van der Waals surface area (Å²) in [6, 6.07) is 6.92. The van der Waals surface area contributed by atoms with E-state index >= 15 is 0 Å². The van der Waals surface area contributed by atoms with Crippen molar-refractivity contribution >= 4 is 10.0 Å². The predicted molar refractivity (Wildman–Crippen MR) is 75.9 cm³/mol. The maximum absolute atomic E-state index is 12.2. The van der Waals surface area contributed by atoms with Crippen LogP contribution in [0.1, 0.15) is 25.3 Å². The largest absolute Gasteiger partial charge is 0.350 e. The Kier molecular flexibility index (Phi) is 4.80. The zero-order chi connectivity index (χ0) is 14.6. The molecule has 20 heavy (non-hydrogen) atoms. The fourth-order valence-corrected chi connectivity index (χ4v) is 3.45. The first-order chi connectivity index (χ1) is 9.43. The molecule has 0 saturated carbocycles. The smallest absolute Gasteiger partial charge is 0.240 e. The zero-order valence-electron chi connectivity index (χ0n) is 11.9. The minimum Gasteiger partial charge on any atom is -0.350 e. The van der Waals surface area contributed by atoms with Crippen molar-refractivity contribution in [2.45, 2.75) is 37.4 Å². The van der Waals surface area contributed by atoms with Crippen molar-refractivity contribution in [1.82, 2.24) is 4.72 Å². The van der Waals surface area contributed by atoms with Gasteiger partial charge in [0.05, 0.1) is 18.1 Å². The summed E-state index contributed by atoms with van der Waals surface area (Å²) >= 11 is 0. The van der Waals surface area contributed by atoms with Crippen molar-refractivity contribution in [1.29, 1.82) is 0 Å². The quantitative estimate of drug-likeness (QED) is 0.900. The van der Waals surface area contributed by atoms with Gasteiger partial charge in [0.15, 0.2) is 5.79 Å². The Bertz CT molecular complexity index is 550. The Morgan fingerprint density at radius 2 is 1.90 bits per heavy atom. The molecular weight excluding hydrogens is 278 g/mol. The number of sulfonamides is 1. The van der Waals surface area contributed by atoms with Crippen LogP contribution >= 0.6 is 0 Å². The van der Waals surface area contributed by atoms with Gasteiger partial charge in [-0.25, -0.2) is 13.1 Å². The summed E-state index contributed by atoms with van der Waals surface area (Å²) in [6.45, 7) is 5.21. The first-order valence-electron chi connectivity index (χ1n) is 6.76. The molecule has 1 heterocycles. The van der Waals surface area contributed by atoms with Crippen molar-refractivity contribution in [3.05, 3.63) is 29.8 Å². The molecule has 1 N–H and O–H groups in total. The highest BCUT2D eigenvalue weighted by molar-refractivity contribution is 7.89. The van der Waals surface area contributed by atoms with Crippen LogP contribution in [0.25, 0.3) is 0 Å². The summed E-state index contributed by atoms with van der Waals surface area (Å²) in [7, 11) is -3.48. The summed E-state index contributed by atoms with van der Waals surface area (Å²) in [6.07, 6.45) is 1.36. The molecule has 0 aliphatic carbocycles. The number of aryl methyl sites for hydroxylation is 1. The highest BCUT2D eigenvalue weighted by Crippen LogP contribution is 2.22. The average Bonchev–Trinajstić information content (AvgIpc) is 2.39. The molecule has 2 rings (SSSR count). The lowest BCUT2D eigenvalue weighted by atomic mass is 10.2. The highest BCUT2D eigenvalue weighted by atomic mass is 32.2. The van der Waals surface area contributed by atoms with Gasteiger partial charge in [-0.05, 0) is 31.9 Å². The highest BCUT2D eigenvalue weighted by Gasteiger charge is 2.29. The standard InChI is InChI=1S/C14H21NO4S/c1-12-6-3-4-7-13(12)20(16,17)15-9-8-14(2)18-10-5-11-19-14/h3-4,6-7,15H,5,8-11H2,1-2H3. The van der Waals surface area contributed by atoms with E-state index in [0.29, 0.717) is 24.5 Å². The van der Waals surface area contributed by atoms with Crippen LogP contribution in [0.4, 0.5) is 0 Å². The number of rotatable bonds is 5. The predicted octanol–water partition coefficient (Wildman–Crippen LogP) is 1.82. The molecule has 0 bridgehead atoms. The molecule has 1 fully saturated rings. The SMILES string of the molecule is Cc1ccccc1S(=O)(=O)NCCC1(C)OCCCO1. The Morgan fingerprint density at radius 1 is 1.25 bits per heavy atom. The minimum atomic E-state index is -3.48. The van der Waals surface area contributed by atoms with Gasteiger partial charge in [-0.2, -0.15) is 0 Å². The van der Waals surface area contributed by atoms with Crippen LogP contribution in [0, 0.1) is 6.92 Å². The zero-order valence-corrected chi connectivity index (χ0v) is 12.7. The first kappa shape index (κ1) is 15.4. The molecule has 1 saturated heterocycles. The number of hydrogen-bond acceptors (Lipinski definition) is 4. The van der Waals surface area contributed by atoms with Gasteiger partial charge in [0.2, 0.25) is 10.0 Å². The fourth-order valence-electron chi connectivity index (χ4n) is 2.17. The van der Waals surface area contributed by atoms with Crippen LogP contribution in [0.3, 0.4) is 0 Å². The normalized spacial score (nSPS) is 18.9. The molecular formula is C14H21NO4S. The summed E-state index contributed by atoms with van der Waals surface area (Å²) in [5.74, 6) is -0.688. The third-order valence-electron chi connectivity index (χ3n) is 3.36. The molecule has 5 nitrogen and oxygen atoms in total. The summed E-state index contributed by atoms with van der Waals surface area (Å²) < 4.78 is 38.1. The van der Waals surface area contributed by atoms with Gasteiger partial charge in [-0.3, -0.25) is 0 Å². The third kappa shape index (κ3) is 3.79. The average molecular weight is 299 g/mol. The van der Waals surface area contributed by atoms with E-state index in [2.05, 4.69) is 4.72 Å². The lowest BCUT2D eigenvalue weighted by molar-refractivity contribution is -0.257. The molecule has 112 valence electrons. The lowest BCUT2D eigenvalue weighted by Crippen LogP contribution is -2.41. The summed E-state index contributed by atoms with van der Waals surface area (Å²) in [4.78, 5) is 0.315. The topological polar surface area (TPSA) is 64.6 Å². The van der Waals surface area contributed by atoms with Gasteiger partial charge in [-0.1, -0.05) is 18.2 Å². The van der Waals surface area contributed by atoms with Crippen molar-refractivity contribution in [3.63, 3.8) is 0 Å². The Balaban J connectivity index is 1.95. The first-order valence-corrected chi connectivity index (χ1v) is 8.24. The molecule has 1 aromatic carbocycles. The van der Waals surface area contributed by atoms with Crippen molar-refractivity contribution < 1.29 is 17.9 Å². The Labute approximate surface area is 120 Å². The molecule has 0 amide bonds. The number of ether oxygens (including phenoxy) is 2. The maximum Gasteiger partial charge on any atom is 0.240 e. The monoisotopic (exact) mass is 299 g/mol. The molecule has 1 aromatic rings. The molecule has 1 aliphatic heterocycles. The van der Waals surface area contributed by atoms with E-state index in [1.54, 1.807) is 25.1 Å². The van der Waals surface area contributed by atoms with Gasteiger partial charge in [0.25, 0.3) is 0 Å². The van der Waals surface area contributed by atoms with Gasteiger partial charge < -0.3 is 9.47 Å². The second kappa shape index (κ2) is 6.22. The van der Waals surface area contributed by atoms with Gasteiger partial charge in [0.1, 0.15) is 0 Å². The van der Waals surface area contributed by atoms with Crippen LogP contribution in [0.2, 0.25) is 0 Å². The van der Waals surface area contributed by atoms with E-state index in [0.717, 1.165) is 12.0 Å². The molecule has 0 aromatic heterocycles. The number of benzene rings is 1. The van der Waals surface area contributed by atoms with Crippen molar-refractivity contribution in [2.24, 2.45) is 0 Å². The van der Waals surface area contributed by atoms with E-state index in [1.807, 2.05) is 13.0 Å². The molecule has 6 heteroatoms. The maximum atomic E-state index is 12.2. The minimum absolute atomic E-state index is 0.285. The van der Waals surface area contributed by atoms with E-state index in [1.165, 1.54) is 0 Å². The van der Waals surface area contributed by atoms with Crippen LogP contribution in [-0.2, 0) is 19.5 Å². The Hall–Kier alpha value is -0.950. The van der Waals surface area contributed by atoms with E-state index in [-0.39, 0.29) is 6.54 Å². The van der Waals surface area contributed by atoms with Gasteiger partial charge in [-0.15, -0.1) is 0 Å². The molecule has 0 radical (unpaired) electrons. The number of hydrogen-bond donors (Lipinski definition) is 1. The van der Waals surface area contributed by atoms with Crippen molar-refractivity contribution in [2.75, 3.05) is 19.8 Å². The second-order valence-electron chi connectivity index (χ2n) is 5.10. The summed E-state index contributed by atoms with van der Waals surface area (Å²) in [5, 5.41) is 0. The molecule has 0 spiro atoms. The van der Waals surface area contributed by atoms with E-state index in [9.17, 15) is 8.42 Å². The van der Waals surface area contributed by atoms with Gasteiger partial charge >= 0.3 is 0 Å². The molecule has 0 atom stereocenters.